The van der Waals surface area contributed by atoms with E-state index in [1.807, 2.05) is 13.0 Å². The van der Waals surface area contributed by atoms with Crippen molar-refractivity contribution in [2.45, 2.75) is 6.92 Å². The summed E-state index contributed by atoms with van der Waals surface area (Å²) in [6, 6.07) is 8.59. The molecule has 2 aromatic carbocycles. The predicted molar refractivity (Wildman–Crippen MR) is 97.9 cm³/mol. The van der Waals surface area contributed by atoms with E-state index in [2.05, 4.69) is 21.2 Å². The molecule has 132 valence electrons. The minimum atomic E-state index is -0.360. The van der Waals surface area contributed by atoms with Crippen LogP contribution in [-0.4, -0.2) is 33.0 Å². The zero-order chi connectivity index (χ0) is 18.4. The Kier molecular flexibility index (Phi) is 6.41. The molecule has 0 saturated heterocycles. The highest BCUT2D eigenvalue weighted by atomic mass is 79.9. The number of rotatable bonds is 7. The molecule has 0 bridgehead atoms. The van der Waals surface area contributed by atoms with Crippen molar-refractivity contribution in [1.82, 2.24) is 0 Å². The molecular formula is C18H18BrNO5. The number of benzene rings is 2. The van der Waals surface area contributed by atoms with Crippen LogP contribution in [0.15, 0.2) is 34.8 Å². The summed E-state index contributed by atoms with van der Waals surface area (Å²) >= 11 is 3.27. The van der Waals surface area contributed by atoms with E-state index in [1.165, 1.54) is 20.3 Å². The summed E-state index contributed by atoms with van der Waals surface area (Å²) in [6.07, 6.45) is 0.689. The third-order valence-corrected chi connectivity index (χ3v) is 4.08. The van der Waals surface area contributed by atoms with Gasteiger partial charge in [0.2, 0.25) is 0 Å². The minimum absolute atomic E-state index is 0.243. The largest absolute Gasteiger partial charge is 0.495 e. The molecule has 2 rings (SSSR count). The van der Waals surface area contributed by atoms with Gasteiger partial charge in [0.15, 0.2) is 24.4 Å². The van der Waals surface area contributed by atoms with Crippen molar-refractivity contribution in [3.8, 4) is 17.2 Å². The van der Waals surface area contributed by atoms with Crippen LogP contribution in [0.5, 0.6) is 17.2 Å². The molecule has 0 aliphatic heterocycles. The monoisotopic (exact) mass is 407 g/mol. The summed E-state index contributed by atoms with van der Waals surface area (Å²) in [6.45, 7) is 1.67. The van der Waals surface area contributed by atoms with Crippen LogP contribution in [0.4, 0.5) is 5.69 Å². The van der Waals surface area contributed by atoms with E-state index in [-0.39, 0.29) is 12.5 Å². The van der Waals surface area contributed by atoms with Crippen LogP contribution in [0.1, 0.15) is 15.9 Å². The zero-order valence-corrected chi connectivity index (χ0v) is 15.7. The molecule has 6 nitrogen and oxygen atoms in total. The fraction of sp³-hybridized carbons (Fsp3) is 0.222. The Balaban J connectivity index is 2.10. The summed E-state index contributed by atoms with van der Waals surface area (Å²) in [5.41, 5.74) is 1.95. The summed E-state index contributed by atoms with van der Waals surface area (Å²) in [7, 11) is 3.01. The topological polar surface area (TPSA) is 73.9 Å². The number of amides is 1. The highest BCUT2D eigenvalue weighted by molar-refractivity contribution is 9.10. The van der Waals surface area contributed by atoms with Gasteiger partial charge in [-0.15, -0.1) is 0 Å². The van der Waals surface area contributed by atoms with Crippen molar-refractivity contribution in [2.24, 2.45) is 0 Å². The molecule has 0 atom stereocenters. The van der Waals surface area contributed by atoms with Crippen LogP contribution in [0.3, 0.4) is 0 Å². The maximum Gasteiger partial charge on any atom is 0.262 e. The number of anilines is 1. The third-order valence-electron chi connectivity index (χ3n) is 3.40. The first kappa shape index (κ1) is 18.8. The predicted octanol–water partition coefficient (Wildman–Crippen LogP) is 3.60. The Bertz CT molecular complexity index is 791. The molecule has 0 spiro atoms. The molecule has 0 fully saturated rings. The van der Waals surface area contributed by atoms with Crippen molar-refractivity contribution < 1.29 is 23.8 Å². The van der Waals surface area contributed by atoms with Gasteiger partial charge >= 0.3 is 0 Å². The smallest absolute Gasteiger partial charge is 0.262 e. The molecule has 0 radical (unpaired) electrons. The molecule has 0 aromatic heterocycles. The number of halogens is 1. The molecule has 0 aliphatic rings. The lowest BCUT2D eigenvalue weighted by Crippen LogP contribution is -2.20. The van der Waals surface area contributed by atoms with Gasteiger partial charge < -0.3 is 19.5 Å². The van der Waals surface area contributed by atoms with Gasteiger partial charge in [-0.2, -0.15) is 0 Å². The van der Waals surface area contributed by atoms with Crippen LogP contribution < -0.4 is 19.5 Å². The van der Waals surface area contributed by atoms with Crippen molar-refractivity contribution in [2.75, 3.05) is 26.1 Å². The molecule has 7 heteroatoms. The molecule has 2 aromatic rings. The first-order valence-corrected chi connectivity index (χ1v) is 8.17. The Hall–Kier alpha value is -2.54. The SMILES string of the molecule is COc1ccc(C)cc1NC(=O)COc1cc(C=O)c(Br)cc1OC. The van der Waals surface area contributed by atoms with Crippen LogP contribution in [0.25, 0.3) is 0 Å². The Labute approximate surface area is 154 Å². The van der Waals surface area contributed by atoms with Gasteiger partial charge in [0.05, 0.1) is 19.9 Å². The van der Waals surface area contributed by atoms with Gasteiger partial charge in [-0.05, 0) is 52.7 Å². The van der Waals surface area contributed by atoms with E-state index in [4.69, 9.17) is 14.2 Å². The zero-order valence-electron chi connectivity index (χ0n) is 14.1. The van der Waals surface area contributed by atoms with E-state index in [0.717, 1.165) is 5.56 Å². The second kappa shape index (κ2) is 8.53. The molecule has 0 heterocycles. The van der Waals surface area contributed by atoms with E-state index in [1.54, 1.807) is 18.2 Å². The highest BCUT2D eigenvalue weighted by Crippen LogP contribution is 2.33. The van der Waals surface area contributed by atoms with Crippen molar-refractivity contribution in [3.63, 3.8) is 0 Å². The fourth-order valence-electron chi connectivity index (χ4n) is 2.16. The molecule has 25 heavy (non-hydrogen) atoms. The summed E-state index contributed by atoms with van der Waals surface area (Å²) in [4.78, 5) is 23.2. The molecule has 1 amide bonds. The van der Waals surface area contributed by atoms with Crippen LogP contribution >= 0.6 is 15.9 Å². The molecule has 0 aliphatic carbocycles. The number of methoxy groups -OCH3 is 2. The van der Waals surface area contributed by atoms with Crippen molar-refractivity contribution in [1.29, 1.82) is 0 Å². The number of nitrogens with one attached hydrogen (secondary N) is 1. The second-order valence-electron chi connectivity index (χ2n) is 5.18. The summed E-state index contributed by atoms with van der Waals surface area (Å²) in [5.74, 6) is 0.919. The van der Waals surface area contributed by atoms with Crippen molar-refractivity contribution >= 4 is 33.8 Å². The lowest BCUT2D eigenvalue weighted by atomic mass is 10.2. The van der Waals surface area contributed by atoms with Gasteiger partial charge in [-0.1, -0.05) is 6.07 Å². The average molecular weight is 408 g/mol. The lowest BCUT2D eigenvalue weighted by Gasteiger charge is -2.14. The standard InChI is InChI=1S/C18H18BrNO5/c1-11-4-5-15(23-2)14(6-11)20-18(22)10-25-17-7-12(9-21)13(19)8-16(17)24-3/h4-9H,10H2,1-3H3,(H,20,22). The number of hydrogen-bond donors (Lipinski definition) is 1. The second-order valence-corrected chi connectivity index (χ2v) is 6.04. The first-order valence-electron chi connectivity index (χ1n) is 7.38. The quantitative estimate of drug-likeness (QED) is 0.709. The summed E-state index contributed by atoms with van der Waals surface area (Å²) in [5, 5.41) is 2.74. The minimum Gasteiger partial charge on any atom is -0.495 e. The van der Waals surface area contributed by atoms with E-state index >= 15 is 0 Å². The fourth-order valence-corrected chi connectivity index (χ4v) is 2.58. The number of carbonyl (C=O) groups is 2. The number of aldehydes is 1. The lowest BCUT2D eigenvalue weighted by molar-refractivity contribution is -0.118. The summed E-state index contributed by atoms with van der Waals surface area (Å²) < 4.78 is 16.5. The Morgan fingerprint density at radius 2 is 1.84 bits per heavy atom. The molecule has 0 saturated carbocycles. The Morgan fingerprint density at radius 3 is 2.48 bits per heavy atom. The maximum absolute atomic E-state index is 12.2. The van der Waals surface area contributed by atoms with Gasteiger partial charge in [0.1, 0.15) is 5.75 Å². The van der Waals surface area contributed by atoms with E-state index < -0.39 is 0 Å². The third kappa shape index (κ3) is 4.73. The molecule has 0 unspecified atom stereocenters. The normalized spacial score (nSPS) is 10.1. The van der Waals surface area contributed by atoms with E-state index in [9.17, 15) is 9.59 Å². The molecule has 1 N–H and O–H groups in total. The Morgan fingerprint density at radius 1 is 1.12 bits per heavy atom. The average Bonchev–Trinajstić information content (AvgIpc) is 2.60. The van der Waals surface area contributed by atoms with Crippen LogP contribution in [0.2, 0.25) is 0 Å². The van der Waals surface area contributed by atoms with Gasteiger partial charge in [0, 0.05) is 10.0 Å². The van der Waals surface area contributed by atoms with Gasteiger partial charge in [-0.3, -0.25) is 9.59 Å². The maximum atomic E-state index is 12.2. The number of carbonyl (C=O) groups excluding carboxylic acids is 2. The van der Waals surface area contributed by atoms with Gasteiger partial charge in [0.25, 0.3) is 5.91 Å². The highest BCUT2D eigenvalue weighted by Gasteiger charge is 2.13. The first-order chi connectivity index (χ1) is 12.0. The van der Waals surface area contributed by atoms with Crippen LogP contribution in [-0.2, 0) is 4.79 Å². The van der Waals surface area contributed by atoms with E-state index in [0.29, 0.717) is 39.3 Å². The number of aryl methyl sites for hydroxylation is 1. The number of ether oxygens (including phenoxy) is 3. The van der Waals surface area contributed by atoms with Crippen LogP contribution in [0, 0.1) is 6.92 Å². The number of hydrogen-bond acceptors (Lipinski definition) is 5. The van der Waals surface area contributed by atoms with Gasteiger partial charge in [-0.25, -0.2) is 0 Å². The molecular weight excluding hydrogens is 390 g/mol. The van der Waals surface area contributed by atoms with Crippen molar-refractivity contribution in [3.05, 3.63) is 45.9 Å².